The van der Waals surface area contributed by atoms with Gasteiger partial charge in [0.05, 0.1) is 15.6 Å². The molecule has 4 nitrogen and oxygen atoms in total. The van der Waals surface area contributed by atoms with Crippen LogP contribution in [0.2, 0.25) is 5.02 Å². The van der Waals surface area contributed by atoms with Gasteiger partial charge in [-0.2, -0.15) is 0 Å². The van der Waals surface area contributed by atoms with Crippen LogP contribution >= 0.6 is 11.6 Å². The van der Waals surface area contributed by atoms with E-state index in [9.17, 15) is 14.5 Å². The highest BCUT2D eigenvalue weighted by molar-refractivity contribution is 6.31. The van der Waals surface area contributed by atoms with E-state index < -0.39 is 10.7 Å². The van der Waals surface area contributed by atoms with Crippen LogP contribution in [0, 0.1) is 15.9 Å². The standard InChI is InChI=1S/C14H12ClFN2O2/c15-12-2-1-3-13(14(12)16)17-9-8-10-4-6-11(7-5-10)18(19)20/h1-7,17H,8-9H2. The van der Waals surface area contributed by atoms with Gasteiger partial charge in [-0.25, -0.2) is 4.39 Å². The molecule has 0 aromatic heterocycles. The molecule has 0 fully saturated rings. The summed E-state index contributed by atoms with van der Waals surface area (Å²) in [5.74, 6) is -0.474. The first-order valence-electron chi connectivity index (χ1n) is 5.99. The summed E-state index contributed by atoms with van der Waals surface area (Å²) >= 11 is 5.68. The molecule has 6 heteroatoms. The number of nitro benzene ring substituents is 1. The number of non-ortho nitro benzene ring substituents is 1. The minimum absolute atomic E-state index is 0.0580. The molecule has 0 atom stereocenters. The third kappa shape index (κ3) is 3.45. The summed E-state index contributed by atoms with van der Waals surface area (Å²) in [5.41, 5.74) is 1.34. The van der Waals surface area contributed by atoms with Gasteiger partial charge in [0.15, 0.2) is 5.82 Å². The zero-order chi connectivity index (χ0) is 14.5. The molecule has 0 radical (unpaired) electrons. The molecule has 0 aliphatic carbocycles. The van der Waals surface area contributed by atoms with Crippen molar-refractivity contribution in [2.45, 2.75) is 6.42 Å². The second kappa shape index (κ2) is 6.34. The highest BCUT2D eigenvalue weighted by Gasteiger charge is 2.06. The zero-order valence-corrected chi connectivity index (χ0v) is 11.2. The van der Waals surface area contributed by atoms with Gasteiger partial charge in [0.25, 0.3) is 5.69 Å². The predicted molar refractivity (Wildman–Crippen MR) is 76.7 cm³/mol. The molecule has 104 valence electrons. The molecule has 0 amide bonds. The molecule has 0 aliphatic rings. The van der Waals surface area contributed by atoms with E-state index in [1.807, 2.05) is 0 Å². The van der Waals surface area contributed by atoms with Gasteiger partial charge in [0.2, 0.25) is 0 Å². The summed E-state index contributed by atoms with van der Waals surface area (Å²) in [4.78, 5) is 10.1. The van der Waals surface area contributed by atoms with E-state index in [0.29, 0.717) is 18.7 Å². The first kappa shape index (κ1) is 14.3. The molecule has 2 aromatic rings. The Morgan fingerprint density at radius 2 is 1.90 bits per heavy atom. The number of rotatable bonds is 5. The summed E-state index contributed by atoms with van der Waals surface area (Å²) in [5, 5.41) is 13.5. The lowest BCUT2D eigenvalue weighted by atomic mass is 10.1. The minimum Gasteiger partial charge on any atom is -0.382 e. The monoisotopic (exact) mass is 294 g/mol. The van der Waals surface area contributed by atoms with Gasteiger partial charge >= 0.3 is 0 Å². The van der Waals surface area contributed by atoms with Crippen molar-refractivity contribution in [1.29, 1.82) is 0 Å². The Kier molecular flexibility index (Phi) is 4.53. The van der Waals surface area contributed by atoms with Crippen molar-refractivity contribution in [1.82, 2.24) is 0 Å². The highest BCUT2D eigenvalue weighted by Crippen LogP contribution is 2.22. The number of benzene rings is 2. The van der Waals surface area contributed by atoms with E-state index in [2.05, 4.69) is 5.32 Å². The summed E-state index contributed by atoms with van der Waals surface area (Å²) in [6, 6.07) is 11.0. The molecule has 0 saturated heterocycles. The fourth-order valence-corrected chi connectivity index (χ4v) is 1.94. The van der Waals surface area contributed by atoms with E-state index >= 15 is 0 Å². The van der Waals surface area contributed by atoms with Crippen LogP contribution in [0.4, 0.5) is 15.8 Å². The van der Waals surface area contributed by atoms with Crippen molar-refractivity contribution >= 4 is 23.0 Å². The molecule has 2 aromatic carbocycles. The molecule has 0 aliphatic heterocycles. The molecular formula is C14H12ClFN2O2. The lowest BCUT2D eigenvalue weighted by Gasteiger charge is -2.08. The van der Waals surface area contributed by atoms with Crippen LogP contribution in [-0.2, 0) is 6.42 Å². The van der Waals surface area contributed by atoms with Gasteiger partial charge < -0.3 is 5.32 Å². The number of anilines is 1. The first-order chi connectivity index (χ1) is 9.58. The van der Waals surface area contributed by atoms with Crippen LogP contribution in [0.15, 0.2) is 42.5 Å². The molecule has 0 bridgehead atoms. The molecule has 2 rings (SSSR count). The van der Waals surface area contributed by atoms with Crippen molar-refractivity contribution < 1.29 is 9.31 Å². The van der Waals surface area contributed by atoms with Gasteiger partial charge in [0, 0.05) is 18.7 Å². The molecule has 0 heterocycles. The van der Waals surface area contributed by atoms with Crippen molar-refractivity contribution in [3.63, 3.8) is 0 Å². The smallest absolute Gasteiger partial charge is 0.269 e. The minimum atomic E-state index is -0.474. The van der Waals surface area contributed by atoms with Crippen LogP contribution < -0.4 is 5.32 Å². The fourth-order valence-electron chi connectivity index (χ4n) is 1.77. The number of hydrogen-bond donors (Lipinski definition) is 1. The third-order valence-electron chi connectivity index (χ3n) is 2.83. The Labute approximate surface area is 120 Å². The molecule has 0 spiro atoms. The molecular weight excluding hydrogens is 283 g/mol. The Bertz CT molecular complexity index is 617. The number of halogens is 2. The van der Waals surface area contributed by atoms with E-state index in [0.717, 1.165) is 5.56 Å². The quantitative estimate of drug-likeness (QED) is 0.669. The fraction of sp³-hybridized carbons (Fsp3) is 0.143. The zero-order valence-electron chi connectivity index (χ0n) is 10.5. The van der Waals surface area contributed by atoms with Gasteiger partial charge in [-0.15, -0.1) is 0 Å². The van der Waals surface area contributed by atoms with Crippen LogP contribution in [0.3, 0.4) is 0 Å². The number of nitrogens with zero attached hydrogens (tertiary/aromatic N) is 1. The van der Waals surface area contributed by atoms with Crippen molar-refractivity contribution in [3.8, 4) is 0 Å². The van der Waals surface area contributed by atoms with E-state index in [1.165, 1.54) is 18.2 Å². The van der Waals surface area contributed by atoms with Crippen molar-refractivity contribution in [3.05, 3.63) is 69.0 Å². The molecule has 0 unspecified atom stereocenters. The SMILES string of the molecule is O=[N+]([O-])c1ccc(CCNc2cccc(Cl)c2F)cc1. The predicted octanol–water partition coefficient (Wildman–Crippen LogP) is 4.04. The summed E-state index contributed by atoms with van der Waals surface area (Å²) in [6.07, 6.45) is 0.629. The lowest BCUT2D eigenvalue weighted by Crippen LogP contribution is -2.06. The Balaban J connectivity index is 1.92. The van der Waals surface area contributed by atoms with E-state index in [-0.39, 0.29) is 10.7 Å². The summed E-state index contributed by atoms with van der Waals surface area (Å²) in [7, 11) is 0. The second-order valence-electron chi connectivity index (χ2n) is 4.20. The maximum atomic E-state index is 13.6. The van der Waals surface area contributed by atoms with E-state index in [4.69, 9.17) is 11.6 Å². The van der Waals surface area contributed by atoms with Gasteiger partial charge in [-0.3, -0.25) is 10.1 Å². The van der Waals surface area contributed by atoms with Crippen LogP contribution in [-0.4, -0.2) is 11.5 Å². The average Bonchev–Trinajstić information content (AvgIpc) is 2.44. The third-order valence-corrected chi connectivity index (χ3v) is 3.12. The second-order valence-corrected chi connectivity index (χ2v) is 4.61. The number of hydrogen-bond acceptors (Lipinski definition) is 3. The maximum absolute atomic E-state index is 13.6. The largest absolute Gasteiger partial charge is 0.382 e. The summed E-state index contributed by atoms with van der Waals surface area (Å²) < 4.78 is 13.6. The molecule has 1 N–H and O–H groups in total. The Morgan fingerprint density at radius 1 is 1.20 bits per heavy atom. The normalized spacial score (nSPS) is 10.3. The Morgan fingerprint density at radius 3 is 2.55 bits per heavy atom. The first-order valence-corrected chi connectivity index (χ1v) is 6.37. The highest BCUT2D eigenvalue weighted by atomic mass is 35.5. The van der Waals surface area contributed by atoms with Crippen LogP contribution in [0.25, 0.3) is 0 Å². The van der Waals surface area contributed by atoms with Crippen LogP contribution in [0.1, 0.15) is 5.56 Å². The lowest BCUT2D eigenvalue weighted by molar-refractivity contribution is -0.384. The average molecular weight is 295 g/mol. The van der Waals surface area contributed by atoms with Crippen molar-refractivity contribution in [2.24, 2.45) is 0 Å². The molecule has 0 saturated carbocycles. The van der Waals surface area contributed by atoms with E-state index in [1.54, 1.807) is 24.3 Å². The van der Waals surface area contributed by atoms with Crippen LogP contribution in [0.5, 0.6) is 0 Å². The number of nitrogens with one attached hydrogen (secondary N) is 1. The summed E-state index contributed by atoms with van der Waals surface area (Å²) in [6.45, 7) is 0.509. The molecule has 20 heavy (non-hydrogen) atoms. The number of nitro groups is 1. The van der Waals surface area contributed by atoms with Gasteiger partial charge in [-0.05, 0) is 24.1 Å². The van der Waals surface area contributed by atoms with Gasteiger partial charge in [0.1, 0.15) is 0 Å². The van der Waals surface area contributed by atoms with Crippen molar-refractivity contribution in [2.75, 3.05) is 11.9 Å². The maximum Gasteiger partial charge on any atom is 0.269 e. The Hall–Kier alpha value is -2.14. The topological polar surface area (TPSA) is 55.2 Å². The van der Waals surface area contributed by atoms with Gasteiger partial charge in [-0.1, -0.05) is 29.8 Å².